The van der Waals surface area contributed by atoms with Gasteiger partial charge in [-0.15, -0.1) is 15.3 Å². The molecule has 6 nitrogen and oxygen atoms in total. The van der Waals surface area contributed by atoms with Gasteiger partial charge in [-0.1, -0.05) is 24.2 Å². The maximum Gasteiger partial charge on any atom is 0.177 e. The largest absolute Gasteiger partial charge is 0.371 e. The predicted octanol–water partition coefficient (Wildman–Crippen LogP) is 2.80. The fourth-order valence-electron chi connectivity index (χ4n) is 3.14. The summed E-state index contributed by atoms with van der Waals surface area (Å²) in [6.07, 6.45) is 2.26. The van der Waals surface area contributed by atoms with Crippen LogP contribution in [0.3, 0.4) is 0 Å². The van der Waals surface area contributed by atoms with E-state index in [0.29, 0.717) is 6.42 Å². The summed E-state index contributed by atoms with van der Waals surface area (Å²) >= 11 is 5.86. The lowest BCUT2D eigenvalue weighted by Crippen LogP contribution is -2.46. The summed E-state index contributed by atoms with van der Waals surface area (Å²) in [5.74, 6) is 0.514. The molecule has 1 fully saturated rings. The molecule has 0 spiro atoms. The molecule has 0 bridgehead atoms. The van der Waals surface area contributed by atoms with Crippen molar-refractivity contribution in [3.63, 3.8) is 0 Å². The van der Waals surface area contributed by atoms with Crippen molar-refractivity contribution in [1.29, 1.82) is 0 Å². The third-order valence-electron chi connectivity index (χ3n) is 4.59. The summed E-state index contributed by atoms with van der Waals surface area (Å²) in [4.78, 5) is 4.49. The van der Waals surface area contributed by atoms with Crippen LogP contribution in [0.2, 0.25) is 5.02 Å². The van der Waals surface area contributed by atoms with Gasteiger partial charge in [0.05, 0.1) is 5.02 Å². The van der Waals surface area contributed by atoms with E-state index in [9.17, 15) is 4.39 Å². The zero-order chi connectivity index (χ0) is 18.1. The first-order chi connectivity index (χ1) is 12.6. The van der Waals surface area contributed by atoms with Gasteiger partial charge in [0, 0.05) is 38.3 Å². The molecule has 3 aromatic rings. The van der Waals surface area contributed by atoms with Crippen LogP contribution in [0.4, 0.5) is 10.2 Å². The minimum Gasteiger partial charge on any atom is -0.371 e. The van der Waals surface area contributed by atoms with Crippen molar-refractivity contribution in [2.45, 2.75) is 6.42 Å². The highest BCUT2D eigenvalue weighted by molar-refractivity contribution is 6.30. The van der Waals surface area contributed by atoms with Crippen molar-refractivity contribution in [3.05, 3.63) is 65.3 Å². The number of halogens is 2. The monoisotopic (exact) mass is 372 g/mol. The van der Waals surface area contributed by atoms with E-state index < -0.39 is 5.82 Å². The van der Waals surface area contributed by atoms with Gasteiger partial charge in [-0.25, -0.2) is 4.39 Å². The summed E-state index contributed by atoms with van der Waals surface area (Å²) in [5, 5.41) is 12.5. The van der Waals surface area contributed by atoms with Gasteiger partial charge >= 0.3 is 0 Å². The molecule has 1 saturated heterocycles. The summed E-state index contributed by atoms with van der Waals surface area (Å²) in [7, 11) is 0. The lowest BCUT2D eigenvalue weighted by Gasteiger charge is -2.37. The van der Waals surface area contributed by atoms with Crippen LogP contribution >= 0.6 is 11.6 Å². The second kappa shape index (κ2) is 6.92. The molecule has 0 unspecified atom stereocenters. The maximum atomic E-state index is 13.3. The second-order valence-corrected chi connectivity index (χ2v) is 6.70. The van der Waals surface area contributed by atoms with E-state index in [1.807, 2.05) is 12.1 Å². The summed E-state index contributed by atoms with van der Waals surface area (Å²) in [6.45, 7) is 7.61. The molecule has 0 amide bonds. The summed E-state index contributed by atoms with van der Waals surface area (Å²) in [5.41, 5.74) is 2.71. The predicted molar refractivity (Wildman–Crippen MR) is 98.8 cm³/mol. The molecule has 1 aliphatic rings. The Balaban J connectivity index is 1.37. The van der Waals surface area contributed by atoms with E-state index in [4.69, 9.17) is 11.6 Å². The molecule has 3 heterocycles. The number of allylic oxidation sites excluding steroid dienone is 1. The molecule has 8 heteroatoms. The molecule has 0 aliphatic carbocycles. The van der Waals surface area contributed by atoms with Crippen LogP contribution in [0.25, 0.3) is 5.65 Å². The Kier molecular flexibility index (Phi) is 4.46. The van der Waals surface area contributed by atoms with Gasteiger partial charge in [-0.05, 0) is 29.8 Å². The Bertz CT molecular complexity index is 948. The standard InChI is InChI=1S/C18H18ClFN6/c1-13(10-14-2-3-16(20)15(19)11-14)24-6-8-25(9-7-24)18-5-4-17-22-21-12-26(17)23-18/h2-5,11-12H,1,6-10H2. The minimum atomic E-state index is -0.396. The van der Waals surface area contributed by atoms with Gasteiger partial charge in [-0.2, -0.15) is 4.52 Å². The van der Waals surface area contributed by atoms with Crippen molar-refractivity contribution in [2.24, 2.45) is 0 Å². The molecule has 0 atom stereocenters. The zero-order valence-electron chi connectivity index (χ0n) is 14.1. The van der Waals surface area contributed by atoms with Crippen LogP contribution in [0.5, 0.6) is 0 Å². The van der Waals surface area contributed by atoms with Crippen LogP contribution in [0, 0.1) is 5.82 Å². The number of hydrogen-bond acceptors (Lipinski definition) is 5. The normalized spacial score (nSPS) is 14.8. The van der Waals surface area contributed by atoms with Crippen LogP contribution in [0.1, 0.15) is 5.56 Å². The van der Waals surface area contributed by atoms with Gasteiger partial charge < -0.3 is 9.80 Å². The Morgan fingerprint density at radius 3 is 2.73 bits per heavy atom. The smallest absolute Gasteiger partial charge is 0.177 e. The lowest BCUT2D eigenvalue weighted by atomic mass is 10.1. The van der Waals surface area contributed by atoms with E-state index in [0.717, 1.165) is 48.9 Å². The number of benzene rings is 1. The number of piperazine rings is 1. The van der Waals surface area contributed by atoms with Crippen LogP contribution in [-0.4, -0.2) is 50.9 Å². The van der Waals surface area contributed by atoms with Crippen molar-refractivity contribution >= 4 is 23.1 Å². The molecule has 0 saturated carbocycles. The molecule has 0 radical (unpaired) electrons. The topological polar surface area (TPSA) is 49.6 Å². The Morgan fingerprint density at radius 2 is 1.96 bits per heavy atom. The summed E-state index contributed by atoms with van der Waals surface area (Å²) in [6, 6.07) is 8.70. The van der Waals surface area contributed by atoms with Crippen LogP contribution < -0.4 is 4.90 Å². The number of nitrogens with zero attached hydrogens (tertiary/aromatic N) is 6. The Morgan fingerprint density at radius 1 is 1.15 bits per heavy atom. The molecule has 1 aromatic carbocycles. The first-order valence-corrected chi connectivity index (χ1v) is 8.76. The van der Waals surface area contributed by atoms with E-state index in [2.05, 4.69) is 31.7 Å². The third-order valence-corrected chi connectivity index (χ3v) is 4.88. The number of rotatable bonds is 4. The maximum absolute atomic E-state index is 13.3. The lowest BCUT2D eigenvalue weighted by molar-refractivity contribution is 0.315. The fraction of sp³-hybridized carbons (Fsp3) is 0.278. The minimum absolute atomic E-state index is 0.149. The molecule has 2 aromatic heterocycles. The average Bonchev–Trinajstić information content (AvgIpc) is 3.12. The van der Waals surface area contributed by atoms with Gasteiger partial charge in [0.2, 0.25) is 0 Å². The molecule has 1 aliphatic heterocycles. The molecule has 26 heavy (non-hydrogen) atoms. The fourth-order valence-corrected chi connectivity index (χ4v) is 3.34. The molecule has 4 rings (SSSR count). The molecule has 134 valence electrons. The highest BCUT2D eigenvalue weighted by atomic mass is 35.5. The van der Waals surface area contributed by atoms with E-state index in [-0.39, 0.29) is 5.02 Å². The van der Waals surface area contributed by atoms with Crippen molar-refractivity contribution in [2.75, 3.05) is 31.1 Å². The Labute approximate surface area is 155 Å². The average molecular weight is 373 g/mol. The van der Waals surface area contributed by atoms with Gasteiger partial charge in [-0.3, -0.25) is 0 Å². The number of fused-ring (bicyclic) bond motifs is 1. The molecular formula is C18H18ClFN6. The van der Waals surface area contributed by atoms with Gasteiger partial charge in [0.25, 0.3) is 0 Å². The van der Waals surface area contributed by atoms with E-state index in [1.165, 1.54) is 6.07 Å². The van der Waals surface area contributed by atoms with Gasteiger partial charge in [0.1, 0.15) is 18.0 Å². The summed E-state index contributed by atoms with van der Waals surface area (Å²) < 4.78 is 15.0. The zero-order valence-corrected chi connectivity index (χ0v) is 14.9. The van der Waals surface area contributed by atoms with Crippen LogP contribution in [0.15, 0.2) is 48.9 Å². The quantitative estimate of drug-likeness (QED) is 0.705. The third kappa shape index (κ3) is 3.35. The van der Waals surface area contributed by atoms with Crippen molar-refractivity contribution in [3.8, 4) is 0 Å². The second-order valence-electron chi connectivity index (χ2n) is 6.29. The van der Waals surface area contributed by atoms with Gasteiger partial charge in [0.15, 0.2) is 5.65 Å². The first kappa shape index (κ1) is 16.8. The number of aromatic nitrogens is 4. The Hall–Kier alpha value is -2.67. The van der Waals surface area contributed by atoms with E-state index in [1.54, 1.807) is 23.0 Å². The number of hydrogen-bond donors (Lipinski definition) is 0. The van der Waals surface area contributed by atoms with E-state index >= 15 is 0 Å². The SMILES string of the molecule is C=C(Cc1ccc(F)c(Cl)c1)N1CCN(c2ccc3nncn3n2)CC1. The van der Waals surface area contributed by atoms with Crippen LogP contribution in [-0.2, 0) is 6.42 Å². The molecular weight excluding hydrogens is 355 g/mol. The molecule has 0 N–H and O–H groups in total. The first-order valence-electron chi connectivity index (χ1n) is 8.39. The number of anilines is 1. The highest BCUT2D eigenvalue weighted by Gasteiger charge is 2.19. The highest BCUT2D eigenvalue weighted by Crippen LogP contribution is 2.21. The van der Waals surface area contributed by atoms with Crippen molar-refractivity contribution in [1.82, 2.24) is 24.7 Å². The van der Waals surface area contributed by atoms with Crippen molar-refractivity contribution < 1.29 is 4.39 Å².